The second-order valence-electron chi connectivity index (χ2n) is 5.40. The van der Waals surface area contributed by atoms with Gasteiger partial charge in [-0.2, -0.15) is 0 Å². The first-order valence-electron chi connectivity index (χ1n) is 7.55. The van der Waals surface area contributed by atoms with Crippen LogP contribution in [0.25, 0.3) is 0 Å². The number of nitrogens with one attached hydrogen (secondary N) is 1. The van der Waals surface area contributed by atoms with Crippen molar-refractivity contribution in [2.24, 2.45) is 10.7 Å². The molecule has 3 amide bonds. The molecule has 7 nitrogen and oxygen atoms in total. The molecular weight excluding hydrogens is 308 g/mol. The van der Waals surface area contributed by atoms with Crippen molar-refractivity contribution in [2.45, 2.75) is 18.9 Å². The van der Waals surface area contributed by atoms with Gasteiger partial charge < -0.3 is 10.6 Å². The van der Waals surface area contributed by atoms with E-state index in [4.69, 9.17) is 5.73 Å². The average molecular weight is 328 g/mol. The number of rotatable bonds is 4. The molecule has 1 aromatic carbocycles. The molecule has 1 atom stereocenters. The monoisotopic (exact) mass is 328 g/mol. The molecule has 24 heavy (non-hydrogen) atoms. The van der Waals surface area contributed by atoms with Gasteiger partial charge in [-0.1, -0.05) is 30.3 Å². The minimum atomic E-state index is -0.709. The van der Waals surface area contributed by atoms with E-state index in [0.29, 0.717) is 5.71 Å². The fourth-order valence-electron chi connectivity index (χ4n) is 2.64. The highest BCUT2D eigenvalue weighted by atomic mass is 16.2. The molecule has 2 rings (SSSR count). The van der Waals surface area contributed by atoms with Gasteiger partial charge in [-0.25, -0.2) is 0 Å². The van der Waals surface area contributed by atoms with Gasteiger partial charge in [0.2, 0.25) is 11.8 Å². The molecule has 0 aliphatic carbocycles. The molecule has 7 heteroatoms. The van der Waals surface area contributed by atoms with Gasteiger partial charge in [-0.15, -0.1) is 0 Å². The third-order valence-electron chi connectivity index (χ3n) is 3.92. The normalized spacial score (nSPS) is 19.0. The number of imide groups is 1. The van der Waals surface area contributed by atoms with Crippen LogP contribution in [-0.4, -0.2) is 48.5 Å². The van der Waals surface area contributed by atoms with Crippen LogP contribution in [0.4, 0.5) is 0 Å². The molecule has 0 spiro atoms. The van der Waals surface area contributed by atoms with Crippen molar-refractivity contribution in [3.8, 4) is 0 Å². The van der Waals surface area contributed by atoms with E-state index in [9.17, 15) is 14.4 Å². The fraction of sp³-hybridized carbons (Fsp3) is 0.294. The first-order valence-corrected chi connectivity index (χ1v) is 7.55. The minimum absolute atomic E-state index is 0.198. The highest BCUT2D eigenvalue weighted by molar-refractivity contribution is 6.28. The maximum Gasteiger partial charge on any atom is 0.257 e. The maximum atomic E-state index is 12.8. The maximum absolute atomic E-state index is 12.8. The van der Waals surface area contributed by atoms with Crippen molar-refractivity contribution in [2.75, 3.05) is 14.1 Å². The highest BCUT2D eigenvalue weighted by Crippen LogP contribution is 2.16. The van der Waals surface area contributed by atoms with Gasteiger partial charge in [0.25, 0.3) is 5.91 Å². The van der Waals surface area contributed by atoms with Crippen molar-refractivity contribution in [1.82, 2.24) is 10.2 Å². The standard InChI is InChI=1S/C17H20N4O3/c1-19-15(11-6-4-3-5-7-11)12(10-18)17(24)21(2)13-8-9-14(22)20-16(13)23/h3-7,10,13H,8-9,18H2,1-2H3,(H,20,22,23)/b12-10+,19-15?. The van der Waals surface area contributed by atoms with E-state index >= 15 is 0 Å². The second-order valence-corrected chi connectivity index (χ2v) is 5.40. The number of hydrogen-bond acceptors (Lipinski definition) is 5. The van der Waals surface area contributed by atoms with Crippen LogP contribution in [0.15, 0.2) is 47.1 Å². The molecule has 126 valence electrons. The van der Waals surface area contributed by atoms with Crippen LogP contribution in [0.2, 0.25) is 0 Å². The lowest BCUT2D eigenvalue weighted by molar-refractivity contribution is -0.142. The van der Waals surface area contributed by atoms with E-state index in [0.717, 1.165) is 5.56 Å². The summed E-state index contributed by atoms with van der Waals surface area (Å²) >= 11 is 0. The predicted octanol–water partition coefficient (Wildman–Crippen LogP) is 0.212. The number of nitrogens with zero attached hydrogens (tertiary/aromatic N) is 2. The van der Waals surface area contributed by atoms with Crippen molar-refractivity contribution in [1.29, 1.82) is 0 Å². The van der Waals surface area contributed by atoms with E-state index in [1.807, 2.05) is 30.3 Å². The van der Waals surface area contributed by atoms with E-state index in [1.54, 1.807) is 7.05 Å². The Hall–Kier alpha value is -2.96. The van der Waals surface area contributed by atoms with E-state index in [1.165, 1.54) is 18.1 Å². The molecule has 0 saturated carbocycles. The predicted molar refractivity (Wildman–Crippen MR) is 90.1 cm³/mol. The summed E-state index contributed by atoms with van der Waals surface area (Å²) in [6, 6.07) is 8.47. The van der Waals surface area contributed by atoms with Gasteiger partial charge in [-0.05, 0) is 6.42 Å². The summed E-state index contributed by atoms with van der Waals surface area (Å²) in [6.07, 6.45) is 1.68. The topological polar surface area (TPSA) is 105 Å². The Kier molecular flexibility index (Phi) is 5.47. The molecule has 3 N–H and O–H groups in total. The summed E-state index contributed by atoms with van der Waals surface area (Å²) in [5, 5.41) is 2.24. The SMILES string of the molecule is CN=C(/C(=C\N)C(=O)N(C)C1CCC(=O)NC1=O)c1ccccc1. The zero-order valence-electron chi connectivity index (χ0n) is 13.7. The highest BCUT2D eigenvalue weighted by Gasteiger charge is 2.34. The van der Waals surface area contributed by atoms with Gasteiger partial charge in [-0.3, -0.25) is 24.7 Å². The van der Waals surface area contributed by atoms with Crippen LogP contribution in [0.3, 0.4) is 0 Å². The van der Waals surface area contributed by atoms with E-state index in [-0.39, 0.29) is 24.3 Å². The number of aliphatic imine (C=N–C) groups is 1. The summed E-state index contributed by atoms with van der Waals surface area (Å²) in [7, 11) is 3.09. The number of likely N-dealkylation sites (N-methyl/N-ethyl adjacent to an activating group) is 1. The van der Waals surface area contributed by atoms with Crippen LogP contribution in [0, 0.1) is 0 Å². The number of hydrogen-bond donors (Lipinski definition) is 2. The van der Waals surface area contributed by atoms with Gasteiger partial charge in [0, 0.05) is 32.3 Å². The minimum Gasteiger partial charge on any atom is -0.404 e. The summed E-state index contributed by atoms with van der Waals surface area (Å²) in [5.74, 6) is -1.23. The lowest BCUT2D eigenvalue weighted by atomic mass is 9.99. The summed E-state index contributed by atoms with van der Waals surface area (Å²) < 4.78 is 0. The Morgan fingerprint density at radius 1 is 1.33 bits per heavy atom. The quantitative estimate of drug-likeness (QED) is 0.468. The number of amides is 3. The lowest BCUT2D eigenvalue weighted by Gasteiger charge is -2.30. The van der Waals surface area contributed by atoms with Crippen molar-refractivity contribution < 1.29 is 14.4 Å². The van der Waals surface area contributed by atoms with Gasteiger partial charge in [0.15, 0.2) is 0 Å². The molecule has 1 fully saturated rings. The summed E-state index contributed by atoms with van der Waals surface area (Å²) in [6.45, 7) is 0. The number of carbonyl (C=O) groups excluding carboxylic acids is 3. The third kappa shape index (κ3) is 3.51. The van der Waals surface area contributed by atoms with Crippen LogP contribution >= 0.6 is 0 Å². The number of carbonyl (C=O) groups is 3. The van der Waals surface area contributed by atoms with Crippen LogP contribution < -0.4 is 11.1 Å². The first kappa shape index (κ1) is 17.4. The molecule has 0 radical (unpaired) electrons. The molecule has 0 aromatic heterocycles. The van der Waals surface area contributed by atoms with Crippen molar-refractivity contribution in [3.63, 3.8) is 0 Å². The molecule has 1 aliphatic heterocycles. The Morgan fingerprint density at radius 3 is 2.54 bits per heavy atom. The molecule has 1 aromatic rings. The largest absolute Gasteiger partial charge is 0.404 e. The lowest BCUT2D eigenvalue weighted by Crippen LogP contribution is -2.53. The van der Waals surface area contributed by atoms with Crippen LogP contribution in [-0.2, 0) is 14.4 Å². The van der Waals surface area contributed by atoms with Crippen molar-refractivity contribution in [3.05, 3.63) is 47.7 Å². The Balaban J connectivity index is 2.25. The van der Waals surface area contributed by atoms with Crippen LogP contribution in [0.5, 0.6) is 0 Å². The van der Waals surface area contributed by atoms with Crippen LogP contribution in [0.1, 0.15) is 18.4 Å². The molecular formula is C17H20N4O3. The molecule has 0 bridgehead atoms. The Bertz CT molecular complexity index is 710. The Labute approximate surface area is 140 Å². The molecule has 1 aliphatic rings. The van der Waals surface area contributed by atoms with Crippen molar-refractivity contribution >= 4 is 23.4 Å². The zero-order chi connectivity index (χ0) is 17.7. The first-order chi connectivity index (χ1) is 11.5. The van der Waals surface area contributed by atoms with E-state index < -0.39 is 17.9 Å². The smallest absolute Gasteiger partial charge is 0.257 e. The zero-order valence-corrected chi connectivity index (χ0v) is 13.7. The summed E-state index contributed by atoms with van der Waals surface area (Å²) in [4.78, 5) is 41.5. The number of nitrogens with two attached hydrogens (primary N) is 1. The third-order valence-corrected chi connectivity index (χ3v) is 3.92. The van der Waals surface area contributed by atoms with Gasteiger partial charge in [0.05, 0.1) is 11.3 Å². The van der Waals surface area contributed by atoms with Gasteiger partial charge in [0.1, 0.15) is 6.04 Å². The fourth-order valence-corrected chi connectivity index (χ4v) is 2.64. The molecule has 1 unspecified atom stereocenters. The van der Waals surface area contributed by atoms with E-state index in [2.05, 4.69) is 10.3 Å². The molecule has 1 heterocycles. The average Bonchev–Trinajstić information content (AvgIpc) is 2.59. The Morgan fingerprint density at radius 2 is 2.00 bits per heavy atom. The van der Waals surface area contributed by atoms with Gasteiger partial charge >= 0.3 is 0 Å². The molecule has 1 saturated heterocycles. The second kappa shape index (κ2) is 7.54. The number of piperidine rings is 1. The number of benzene rings is 1. The summed E-state index contributed by atoms with van der Waals surface area (Å²) in [5.41, 5.74) is 7.07.